The molecule has 3 rings (SSSR count). The molecule has 2 aromatic carbocycles. The van der Waals surface area contributed by atoms with Crippen LogP contribution in [0, 0.1) is 6.92 Å². The summed E-state index contributed by atoms with van der Waals surface area (Å²) in [4.78, 5) is 12.3. The van der Waals surface area contributed by atoms with Gasteiger partial charge in [0, 0.05) is 13.1 Å². The Morgan fingerprint density at radius 1 is 1.04 bits per heavy atom. The van der Waals surface area contributed by atoms with Gasteiger partial charge >= 0.3 is 5.97 Å². The number of carbonyl (C=O) groups is 1. The Kier molecular flexibility index (Phi) is 6.13. The Balaban J connectivity index is 1.56. The van der Waals surface area contributed by atoms with Gasteiger partial charge in [0.25, 0.3) is 0 Å². The molecule has 0 bridgehead atoms. The smallest absolute Gasteiger partial charge is 0.338 e. The van der Waals surface area contributed by atoms with Crippen molar-refractivity contribution in [2.75, 3.05) is 26.3 Å². The molecular formula is C20H23NO5S. The normalized spacial score (nSPS) is 14.9. The Morgan fingerprint density at radius 3 is 2.44 bits per heavy atom. The molecule has 1 fully saturated rings. The maximum Gasteiger partial charge on any atom is 0.338 e. The number of carbonyl (C=O) groups excluding carboxylic acids is 1. The SMILES string of the molecule is Cc1ccc(OCCOC(=O)c2cccc(S(=O)(=O)N3CCCC3)c2)cc1. The number of aryl methyl sites for hydroxylation is 1. The molecule has 0 N–H and O–H groups in total. The fraction of sp³-hybridized carbons (Fsp3) is 0.350. The Bertz CT molecular complexity index is 887. The van der Waals surface area contributed by atoms with Gasteiger partial charge in [-0.05, 0) is 50.1 Å². The molecule has 0 radical (unpaired) electrons. The van der Waals surface area contributed by atoms with Crippen LogP contribution in [0.1, 0.15) is 28.8 Å². The van der Waals surface area contributed by atoms with Crippen molar-refractivity contribution >= 4 is 16.0 Å². The van der Waals surface area contributed by atoms with Crippen LogP contribution in [-0.2, 0) is 14.8 Å². The van der Waals surface area contributed by atoms with Gasteiger partial charge in [0.05, 0.1) is 10.5 Å². The summed E-state index contributed by atoms with van der Waals surface area (Å²) in [6.45, 7) is 3.33. The number of hydrogen-bond donors (Lipinski definition) is 0. The lowest BCUT2D eigenvalue weighted by atomic mass is 10.2. The van der Waals surface area contributed by atoms with Gasteiger partial charge in [-0.3, -0.25) is 0 Å². The van der Waals surface area contributed by atoms with Crippen LogP contribution in [0.25, 0.3) is 0 Å². The topological polar surface area (TPSA) is 72.9 Å². The third kappa shape index (κ3) is 4.87. The van der Waals surface area contributed by atoms with E-state index in [4.69, 9.17) is 9.47 Å². The summed E-state index contributed by atoms with van der Waals surface area (Å²) in [7, 11) is -3.56. The van der Waals surface area contributed by atoms with E-state index in [9.17, 15) is 13.2 Å². The van der Waals surface area contributed by atoms with E-state index >= 15 is 0 Å². The number of benzene rings is 2. The predicted octanol–water partition coefficient (Wildman–Crippen LogP) is 3.02. The number of ether oxygens (including phenoxy) is 2. The lowest BCUT2D eigenvalue weighted by Crippen LogP contribution is -2.28. The molecule has 6 nitrogen and oxygen atoms in total. The minimum atomic E-state index is -3.56. The van der Waals surface area contributed by atoms with E-state index in [1.54, 1.807) is 12.1 Å². The highest BCUT2D eigenvalue weighted by atomic mass is 32.2. The van der Waals surface area contributed by atoms with Gasteiger partial charge in [-0.15, -0.1) is 0 Å². The molecule has 0 aliphatic carbocycles. The van der Waals surface area contributed by atoms with E-state index < -0.39 is 16.0 Å². The van der Waals surface area contributed by atoms with Crippen LogP contribution in [0.15, 0.2) is 53.4 Å². The second-order valence-electron chi connectivity index (χ2n) is 6.44. The van der Waals surface area contributed by atoms with Crippen molar-refractivity contribution in [3.8, 4) is 5.75 Å². The first kappa shape index (κ1) is 19.4. The number of hydrogen-bond acceptors (Lipinski definition) is 5. The van der Waals surface area contributed by atoms with Crippen LogP contribution < -0.4 is 4.74 Å². The first-order valence-corrected chi connectivity index (χ1v) is 10.4. The molecule has 7 heteroatoms. The molecule has 27 heavy (non-hydrogen) atoms. The monoisotopic (exact) mass is 389 g/mol. The second-order valence-corrected chi connectivity index (χ2v) is 8.37. The first-order valence-electron chi connectivity index (χ1n) is 8.93. The van der Waals surface area contributed by atoms with Crippen molar-refractivity contribution in [1.29, 1.82) is 0 Å². The molecule has 0 saturated carbocycles. The average Bonchev–Trinajstić information content (AvgIpc) is 3.22. The summed E-state index contributed by atoms with van der Waals surface area (Å²) in [5, 5.41) is 0. The highest BCUT2D eigenvalue weighted by Crippen LogP contribution is 2.21. The zero-order valence-corrected chi connectivity index (χ0v) is 16.1. The quantitative estimate of drug-likeness (QED) is 0.538. The molecule has 144 valence electrons. The van der Waals surface area contributed by atoms with Crippen LogP contribution in [0.4, 0.5) is 0 Å². The van der Waals surface area contributed by atoms with Crippen LogP contribution in [0.2, 0.25) is 0 Å². The van der Waals surface area contributed by atoms with Crippen molar-refractivity contribution in [1.82, 2.24) is 4.31 Å². The Labute approximate surface area is 159 Å². The van der Waals surface area contributed by atoms with Gasteiger partial charge in [-0.2, -0.15) is 4.31 Å². The number of nitrogens with zero attached hydrogens (tertiary/aromatic N) is 1. The number of sulfonamides is 1. The van der Waals surface area contributed by atoms with Gasteiger partial charge in [-0.25, -0.2) is 13.2 Å². The van der Waals surface area contributed by atoms with Crippen molar-refractivity contribution in [3.63, 3.8) is 0 Å². The standard InChI is InChI=1S/C20H23NO5S/c1-16-7-9-18(10-8-16)25-13-14-26-20(22)17-5-4-6-19(15-17)27(23,24)21-11-2-3-12-21/h4-10,15H,2-3,11-14H2,1H3. The maximum atomic E-state index is 12.6. The fourth-order valence-corrected chi connectivity index (χ4v) is 4.44. The van der Waals surface area contributed by atoms with Crippen molar-refractivity contribution in [3.05, 3.63) is 59.7 Å². The van der Waals surface area contributed by atoms with E-state index in [2.05, 4.69) is 0 Å². The van der Waals surface area contributed by atoms with Crippen molar-refractivity contribution in [2.24, 2.45) is 0 Å². The van der Waals surface area contributed by atoms with E-state index in [1.165, 1.54) is 16.4 Å². The summed E-state index contributed by atoms with van der Waals surface area (Å²) in [6.07, 6.45) is 1.73. The third-order valence-corrected chi connectivity index (χ3v) is 6.27. The molecule has 0 spiro atoms. The van der Waals surface area contributed by atoms with Crippen molar-refractivity contribution in [2.45, 2.75) is 24.7 Å². The first-order chi connectivity index (χ1) is 13.0. The van der Waals surface area contributed by atoms with Crippen LogP contribution >= 0.6 is 0 Å². The summed E-state index contributed by atoms with van der Waals surface area (Å²) >= 11 is 0. The second kappa shape index (κ2) is 8.54. The summed E-state index contributed by atoms with van der Waals surface area (Å²) < 4.78 is 37.4. The Hall–Kier alpha value is -2.38. The van der Waals surface area contributed by atoms with Crippen LogP contribution in [0.3, 0.4) is 0 Å². The highest BCUT2D eigenvalue weighted by Gasteiger charge is 2.27. The van der Waals surface area contributed by atoms with Crippen molar-refractivity contribution < 1.29 is 22.7 Å². The molecule has 1 aliphatic heterocycles. The van der Waals surface area contributed by atoms with Gasteiger partial charge in [0.1, 0.15) is 19.0 Å². The zero-order chi connectivity index (χ0) is 19.3. The molecule has 1 saturated heterocycles. The molecule has 2 aromatic rings. The van der Waals surface area contributed by atoms with E-state index in [-0.39, 0.29) is 23.7 Å². The van der Waals surface area contributed by atoms with E-state index in [0.717, 1.165) is 18.4 Å². The number of rotatable bonds is 7. The lowest BCUT2D eigenvalue weighted by molar-refractivity contribution is 0.0450. The van der Waals surface area contributed by atoms with Gasteiger partial charge in [-0.1, -0.05) is 23.8 Å². The lowest BCUT2D eigenvalue weighted by Gasteiger charge is -2.15. The summed E-state index contributed by atoms with van der Waals surface area (Å²) in [5.41, 5.74) is 1.35. The predicted molar refractivity (Wildman–Crippen MR) is 101 cm³/mol. The molecule has 1 heterocycles. The maximum absolute atomic E-state index is 12.6. The van der Waals surface area contributed by atoms with Gasteiger partial charge in [0.2, 0.25) is 10.0 Å². The van der Waals surface area contributed by atoms with Crippen LogP contribution in [-0.4, -0.2) is 45.0 Å². The Morgan fingerprint density at radius 2 is 1.74 bits per heavy atom. The number of esters is 1. The molecule has 0 unspecified atom stereocenters. The molecular weight excluding hydrogens is 366 g/mol. The fourth-order valence-electron chi connectivity index (χ4n) is 2.87. The summed E-state index contributed by atoms with van der Waals surface area (Å²) in [6, 6.07) is 13.6. The minimum absolute atomic E-state index is 0.0792. The van der Waals surface area contributed by atoms with E-state index in [1.807, 2.05) is 31.2 Å². The zero-order valence-electron chi connectivity index (χ0n) is 15.3. The van der Waals surface area contributed by atoms with Gasteiger partial charge < -0.3 is 9.47 Å². The summed E-state index contributed by atoms with van der Waals surface area (Å²) in [5.74, 6) is 0.135. The van der Waals surface area contributed by atoms with Crippen LogP contribution in [0.5, 0.6) is 5.75 Å². The van der Waals surface area contributed by atoms with E-state index in [0.29, 0.717) is 18.8 Å². The third-order valence-electron chi connectivity index (χ3n) is 4.38. The molecule has 0 amide bonds. The molecule has 1 aliphatic rings. The molecule has 0 atom stereocenters. The molecule has 0 aromatic heterocycles. The minimum Gasteiger partial charge on any atom is -0.490 e. The van der Waals surface area contributed by atoms with Gasteiger partial charge in [0.15, 0.2) is 0 Å². The largest absolute Gasteiger partial charge is 0.490 e. The highest BCUT2D eigenvalue weighted by molar-refractivity contribution is 7.89. The average molecular weight is 389 g/mol.